The van der Waals surface area contributed by atoms with Crippen molar-refractivity contribution in [3.8, 4) is 0 Å². The number of rotatable bonds is 4. The van der Waals surface area contributed by atoms with Crippen molar-refractivity contribution in [2.75, 3.05) is 5.49 Å². The van der Waals surface area contributed by atoms with Crippen LogP contribution >= 0.6 is 19.7 Å². The minimum atomic E-state index is -0.853. The number of carbonyl (C=O) groups excluding carboxylic acids is 1. The molecule has 0 saturated heterocycles. The van der Waals surface area contributed by atoms with Crippen LogP contribution in [0.15, 0.2) is 60.7 Å². The molecular formula is C15H16OPS+. The molecule has 0 bridgehead atoms. The molecule has 18 heavy (non-hydrogen) atoms. The van der Waals surface area contributed by atoms with Gasteiger partial charge >= 0.3 is 0 Å². The molecule has 0 amide bonds. The molecule has 0 aliphatic rings. The van der Waals surface area contributed by atoms with E-state index in [0.717, 1.165) is 5.49 Å². The fourth-order valence-electron chi connectivity index (χ4n) is 1.79. The first-order valence-corrected chi connectivity index (χ1v) is 8.56. The lowest BCUT2D eigenvalue weighted by Crippen LogP contribution is -2.13. The molecule has 0 aliphatic heterocycles. The van der Waals surface area contributed by atoms with Crippen LogP contribution in [0.25, 0.3) is 0 Å². The maximum Gasteiger partial charge on any atom is 0.189 e. The van der Waals surface area contributed by atoms with E-state index in [1.165, 1.54) is 22.4 Å². The molecule has 92 valence electrons. The molecule has 1 nitrogen and oxygen atoms in total. The highest BCUT2D eigenvalue weighted by Gasteiger charge is 2.22. The summed E-state index contributed by atoms with van der Waals surface area (Å²) in [4.78, 5) is 11.2. The highest BCUT2D eigenvalue weighted by atomic mass is 32.2. The van der Waals surface area contributed by atoms with Crippen molar-refractivity contribution in [2.24, 2.45) is 0 Å². The zero-order chi connectivity index (χ0) is 12.8. The topological polar surface area (TPSA) is 17.1 Å². The van der Waals surface area contributed by atoms with E-state index in [1.54, 1.807) is 6.92 Å². The zero-order valence-electron chi connectivity index (χ0n) is 10.3. The standard InChI is InChI=1S/C15H15OPS/c1-13(16)18-12-17(14-8-4-2-5-9-14)15-10-6-3-7-11-15/h2-11H,12H2,1H3/p+1. The fraction of sp³-hybridized carbons (Fsp3) is 0.133. The average molecular weight is 275 g/mol. The fourth-order valence-corrected chi connectivity index (χ4v) is 6.03. The smallest absolute Gasteiger partial charge is 0.189 e. The van der Waals surface area contributed by atoms with E-state index in [0.29, 0.717) is 0 Å². The molecule has 0 heterocycles. The summed E-state index contributed by atoms with van der Waals surface area (Å²) in [6.07, 6.45) is 0. The third kappa shape index (κ3) is 3.69. The maximum atomic E-state index is 11.2. The van der Waals surface area contributed by atoms with Gasteiger partial charge in [-0.3, -0.25) is 4.79 Å². The Morgan fingerprint density at radius 2 is 1.39 bits per heavy atom. The van der Waals surface area contributed by atoms with Gasteiger partial charge in [0, 0.05) is 6.92 Å². The molecule has 0 aliphatic carbocycles. The molecule has 0 aromatic heterocycles. The largest absolute Gasteiger partial charge is 0.287 e. The van der Waals surface area contributed by atoms with Crippen molar-refractivity contribution in [2.45, 2.75) is 6.92 Å². The lowest BCUT2D eigenvalue weighted by molar-refractivity contribution is -0.109. The quantitative estimate of drug-likeness (QED) is 0.798. The van der Waals surface area contributed by atoms with E-state index < -0.39 is 7.92 Å². The second-order valence-corrected chi connectivity index (χ2v) is 8.12. The van der Waals surface area contributed by atoms with E-state index in [9.17, 15) is 4.79 Å². The molecule has 0 saturated carbocycles. The molecule has 3 heteroatoms. The second kappa shape index (κ2) is 6.72. The van der Waals surface area contributed by atoms with E-state index in [1.807, 2.05) is 12.1 Å². The number of hydrogen-bond donors (Lipinski definition) is 0. The van der Waals surface area contributed by atoms with E-state index in [2.05, 4.69) is 48.5 Å². The summed E-state index contributed by atoms with van der Waals surface area (Å²) in [6, 6.07) is 21.0. The Balaban J connectivity index is 2.26. The number of hydrogen-bond acceptors (Lipinski definition) is 2. The Morgan fingerprint density at radius 3 is 1.78 bits per heavy atom. The highest BCUT2D eigenvalue weighted by molar-refractivity contribution is 8.18. The third-order valence-corrected chi connectivity index (χ3v) is 6.86. The summed E-state index contributed by atoms with van der Waals surface area (Å²) in [5.41, 5.74) is 0.897. The summed E-state index contributed by atoms with van der Waals surface area (Å²) >= 11 is 1.44. The van der Waals surface area contributed by atoms with Crippen LogP contribution in [0.2, 0.25) is 0 Å². The Bertz CT molecular complexity index is 459. The highest BCUT2D eigenvalue weighted by Crippen LogP contribution is 2.37. The van der Waals surface area contributed by atoms with Gasteiger partial charge in [-0.15, -0.1) is 0 Å². The Labute approximate surface area is 113 Å². The monoisotopic (exact) mass is 275 g/mol. The second-order valence-electron chi connectivity index (χ2n) is 3.99. The van der Waals surface area contributed by atoms with Gasteiger partial charge in [-0.1, -0.05) is 36.4 Å². The SMILES string of the molecule is CC(=O)SC[PH+](c1ccccc1)c1ccccc1. The predicted octanol–water partition coefficient (Wildman–Crippen LogP) is 3.09. The molecule has 0 spiro atoms. The van der Waals surface area contributed by atoms with Gasteiger partial charge in [-0.05, 0) is 36.0 Å². The van der Waals surface area contributed by atoms with E-state index in [-0.39, 0.29) is 5.12 Å². The Morgan fingerprint density at radius 1 is 0.944 bits per heavy atom. The van der Waals surface area contributed by atoms with Crippen molar-refractivity contribution in [3.63, 3.8) is 0 Å². The van der Waals surface area contributed by atoms with Crippen LogP contribution in [-0.2, 0) is 4.79 Å². The van der Waals surface area contributed by atoms with E-state index in [4.69, 9.17) is 0 Å². The third-order valence-electron chi connectivity index (χ3n) is 2.66. The Hall–Kier alpha value is -1.11. The van der Waals surface area contributed by atoms with Crippen LogP contribution in [0.4, 0.5) is 0 Å². The number of benzene rings is 2. The van der Waals surface area contributed by atoms with Crippen LogP contribution in [0, 0.1) is 0 Å². The minimum Gasteiger partial charge on any atom is -0.287 e. The summed E-state index contributed by atoms with van der Waals surface area (Å²) in [7, 11) is -0.853. The van der Waals surface area contributed by atoms with Crippen molar-refractivity contribution >= 4 is 35.4 Å². The van der Waals surface area contributed by atoms with Gasteiger partial charge in [-0.2, -0.15) is 0 Å². The van der Waals surface area contributed by atoms with E-state index >= 15 is 0 Å². The first-order valence-electron chi connectivity index (χ1n) is 5.87. The van der Waals surface area contributed by atoms with Crippen LogP contribution < -0.4 is 10.6 Å². The molecule has 0 atom stereocenters. The summed E-state index contributed by atoms with van der Waals surface area (Å²) in [5, 5.41) is 2.93. The maximum absolute atomic E-state index is 11.2. The zero-order valence-corrected chi connectivity index (χ0v) is 12.1. The molecular weight excluding hydrogens is 259 g/mol. The molecule has 2 aromatic rings. The predicted molar refractivity (Wildman–Crippen MR) is 83.6 cm³/mol. The van der Waals surface area contributed by atoms with Crippen LogP contribution in [-0.4, -0.2) is 10.6 Å². The molecule has 0 N–H and O–H groups in total. The lowest BCUT2D eigenvalue weighted by atomic mass is 10.4. The first kappa shape index (κ1) is 13.3. The lowest BCUT2D eigenvalue weighted by Gasteiger charge is -2.09. The Kier molecular flexibility index (Phi) is 4.98. The van der Waals surface area contributed by atoms with Crippen molar-refractivity contribution in [3.05, 3.63) is 60.7 Å². The number of carbonyl (C=O) groups is 1. The summed E-state index contributed by atoms with van der Waals surface area (Å²) < 4.78 is 0. The van der Waals surface area contributed by atoms with Gasteiger partial charge in [0.25, 0.3) is 0 Å². The van der Waals surface area contributed by atoms with Crippen LogP contribution in [0.1, 0.15) is 6.92 Å². The summed E-state index contributed by atoms with van der Waals surface area (Å²) in [5.74, 6) is 0. The molecule has 0 fully saturated rings. The summed E-state index contributed by atoms with van der Waals surface area (Å²) in [6.45, 7) is 1.64. The van der Waals surface area contributed by atoms with Gasteiger partial charge in [0.2, 0.25) is 0 Å². The van der Waals surface area contributed by atoms with Crippen LogP contribution in [0.3, 0.4) is 0 Å². The van der Waals surface area contributed by atoms with Crippen molar-refractivity contribution in [1.82, 2.24) is 0 Å². The average Bonchev–Trinajstić information content (AvgIpc) is 2.41. The van der Waals surface area contributed by atoms with Gasteiger partial charge in [0.15, 0.2) is 5.12 Å². The van der Waals surface area contributed by atoms with Gasteiger partial charge in [0.1, 0.15) is 5.49 Å². The molecule has 0 unspecified atom stereocenters. The first-order chi connectivity index (χ1) is 8.77. The van der Waals surface area contributed by atoms with Gasteiger partial charge < -0.3 is 0 Å². The van der Waals surface area contributed by atoms with Gasteiger partial charge in [-0.25, -0.2) is 0 Å². The normalized spacial score (nSPS) is 10.6. The minimum absolute atomic E-state index is 0.198. The molecule has 0 radical (unpaired) electrons. The number of thioether (sulfide) groups is 1. The molecule has 2 aromatic carbocycles. The van der Waals surface area contributed by atoms with Crippen LogP contribution in [0.5, 0.6) is 0 Å². The van der Waals surface area contributed by atoms with Crippen molar-refractivity contribution < 1.29 is 4.79 Å². The van der Waals surface area contributed by atoms with Gasteiger partial charge in [0.05, 0.1) is 18.5 Å². The van der Waals surface area contributed by atoms with Crippen molar-refractivity contribution in [1.29, 1.82) is 0 Å². The molecule has 2 rings (SSSR count).